The average molecular weight is 541 g/mol. The molecule has 1 aromatic heterocycles. The summed E-state index contributed by atoms with van der Waals surface area (Å²) in [6.45, 7) is 2.08. The van der Waals surface area contributed by atoms with Crippen LogP contribution in [0.4, 0.5) is 0 Å². The van der Waals surface area contributed by atoms with Gasteiger partial charge in [-0.3, -0.25) is 9.59 Å². The van der Waals surface area contributed by atoms with Crippen molar-refractivity contribution >= 4 is 23.0 Å². The van der Waals surface area contributed by atoms with E-state index < -0.39 is 23.5 Å². The van der Waals surface area contributed by atoms with Gasteiger partial charge in [-0.2, -0.15) is 0 Å². The number of methoxy groups -OCH3 is 2. The number of thiazole rings is 1. The number of carbonyl (C=O) groups excluding carboxylic acids is 2. The maximum Gasteiger partial charge on any atom is 0.290 e. The summed E-state index contributed by atoms with van der Waals surface area (Å²) < 4.78 is 10.5. The van der Waals surface area contributed by atoms with Crippen LogP contribution in [0.5, 0.6) is 11.5 Å². The van der Waals surface area contributed by atoms with E-state index in [0.29, 0.717) is 39.9 Å². The van der Waals surface area contributed by atoms with E-state index in [1.807, 2.05) is 66.7 Å². The standard InChI is InChI=1S/C31H28N2O5S/c1-19-29(39-30(32-19)22-7-5-4-6-8-22)27(34)25-26(21-11-15-24(38-3)16-12-21)33(31(36)28(25)35)18-17-20-9-13-23(37-2)14-10-20/h4-16,26,35H,17-18H2,1-3H3. The van der Waals surface area contributed by atoms with Crippen molar-refractivity contribution in [2.45, 2.75) is 19.4 Å². The number of hydrogen-bond acceptors (Lipinski definition) is 7. The lowest BCUT2D eigenvalue weighted by atomic mass is 9.94. The van der Waals surface area contributed by atoms with Crippen LogP contribution < -0.4 is 9.47 Å². The van der Waals surface area contributed by atoms with Gasteiger partial charge in [0.2, 0.25) is 5.78 Å². The van der Waals surface area contributed by atoms with Gasteiger partial charge in [0.05, 0.1) is 36.4 Å². The summed E-state index contributed by atoms with van der Waals surface area (Å²) in [5, 5.41) is 11.8. The van der Waals surface area contributed by atoms with Crippen molar-refractivity contribution in [2.75, 3.05) is 20.8 Å². The number of rotatable bonds is 9. The van der Waals surface area contributed by atoms with Crippen molar-refractivity contribution in [1.29, 1.82) is 0 Å². The summed E-state index contributed by atoms with van der Waals surface area (Å²) in [6, 6.07) is 23.7. The molecule has 0 radical (unpaired) electrons. The van der Waals surface area contributed by atoms with Crippen LogP contribution in [0.1, 0.15) is 32.5 Å². The van der Waals surface area contributed by atoms with Gasteiger partial charge in [-0.25, -0.2) is 4.98 Å². The molecule has 0 saturated carbocycles. The number of aliphatic hydroxyl groups is 1. The first-order chi connectivity index (χ1) is 18.9. The van der Waals surface area contributed by atoms with Gasteiger partial charge in [0.25, 0.3) is 5.91 Å². The summed E-state index contributed by atoms with van der Waals surface area (Å²) in [7, 11) is 3.19. The highest BCUT2D eigenvalue weighted by Crippen LogP contribution is 2.41. The van der Waals surface area contributed by atoms with Crippen LogP contribution in [-0.2, 0) is 11.2 Å². The number of benzene rings is 3. The van der Waals surface area contributed by atoms with Crippen LogP contribution in [0, 0.1) is 6.92 Å². The van der Waals surface area contributed by atoms with E-state index in [9.17, 15) is 14.7 Å². The molecular weight excluding hydrogens is 512 g/mol. The lowest BCUT2D eigenvalue weighted by molar-refractivity contribution is -0.129. The van der Waals surface area contributed by atoms with Crippen LogP contribution in [0.2, 0.25) is 0 Å². The fourth-order valence-corrected chi connectivity index (χ4v) is 5.75. The molecule has 1 atom stereocenters. The van der Waals surface area contributed by atoms with E-state index in [1.165, 1.54) is 11.3 Å². The maximum atomic E-state index is 14.0. The van der Waals surface area contributed by atoms with Crippen LogP contribution >= 0.6 is 11.3 Å². The topological polar surface area (TPSA) is 89.0 Å². The number of carbonyl (C=O) groups is 2. The van der Waals surface area contributed by atoms with Gasteiger partial charge in [-0.1, -0.05) is 54.6 Å². The molecule has 0 bridgehead atoms. The highest BCUT2D eigenvalue weighted by Gasteiger charge is 2.44. The number of Topliss-reactive ketones (excluding diaryl/α,β-unsaturated/α-hetero) is 1. The number of aromatic nitrogens is 1. The fourth-order valence-electron chi connectivity index (χ4n) is 4.72. The summed E-state index contributed by atoms with van der Waals surface area (Å²) in [5.74, 6) is -0.0950. The van der Waals surface area contributed by atoms with Crippen molar-refractivity contribution in [1.82, 2.24) is 9.88 Å². The van der Waals surface area contributed by atoms with E-state index in [2.05, 4.69) is 4.98 Å². The Labute approximate surface area is 231 Å². The Morgan fingerprint density at radius 1 is 0.949 bits per heavy atom. The third kappa shape index (κ3) is 5.15. The maximum absolute atomic E-state index is 14.0. The van der Waals surface area contributed by atoms with E-state index in [4.69, 9.17) is 9.47 Å². The van der Waals surface area contributed by atoms with Gasteiger partial charge in [-0.15, -0.1) is 11.3 Å². The molecule has 39 heavy (non-hydrogen) atoms. The lowest BCUT2D eigenvalue weighted by Crippen LogP contribution is -2.33. The zero-order valence-corrected chi connectivity index (χ0v) is 22.7. The van der Waals surface area contributed by atoms with Crippen LogP contribution in [0.25, 0.3) is 10.6 Å². The molecule has 0 saturated heterocycles. The molecule has 2 heterocycles. The third-order valence-electron chi connectivity index (χ3n) is 6.80. The smallest absolute Gasteiger partial charge is 0.290 e. The van der Waals surface area contributed by atoms with E-state index in [0.717, 1.165) is 16.9 Å². The molecule has 0 spiro atoms. The van der Waals surface area contributed by atoms with Crippen molar-refractivity contribution < 1.29 is 24.2 Å². The Morgan fingerprint density at radius 2 is 1.56 bits per heavy atom. The highest BCUT2D eigenvalue weighted by molar-refractivity contribution is 7.17. The van der Waals surface area contributed by atoms with Gasteiger partial charge >= 0.3 is 0 Å². The van der Waals surface area contributed by atoms with Crippen molar-refractivity contribution in [3.63, 3.8) is 0 Å². The summed E-state index contributed by atoms with van der Waals surface area (Å²) in [4.78, 5) is 34.0. The van der Waals surface area contributed by atoms with Gasteiger partial charge in [0.15, 0.2) is 5.76 Å². The molecule has 8 heteroatoms. The number of aliphatic hydroxyl groups excluding tert-OH is 1. The quantitative estimate of drug-likeness (QED) is 0.264. The fraction of sp³-hybridized carbons (Fsp3) is 0.194. The molecule has 4 aromatic rings. The normalized spacial score (nSPS) is 15.1. The second-order valence-corrected chi connectivity index (χ2v) is 10.2. The van der Waals surface area contributed by atoms with Crippen molar-refractivity contribution in [3.05, 3.63) is 112 Å². The van der Waals surface area contributed by atoms with Crippen molar-refractivity contribution in [3.8, 4) is 22.1 Å². The Hall–Kier alpha value is -4.43. The first-order valence-corrected chi connectivity index (χ1v) is 13.3. The largest absolute Gasteiger partial charge is 0.503 e. The molecule has 1 amide bonds. The number of ether oxygens (including phenoxy) is 2. The Morgan fingerprint density at radius 3 is 2.18 bits per heavy atom. The minimum Gasteiger partial charge on any atom is -0.503 e. The molecule has 198 valence electrons. The van der Waals surface area contributed by atoms with E-state index in [1.54, 1.807) is 38.2 Å². The van der Waals surface area contributed by atoms with Crippen LogP contribution in [-0.4, -0.2) is 47.4 Å². The summed E-state index contributed by atoms with van der Waals surface area (Å²) in [5.41, 5.74) is 3.23. The number of nitrogens with zero attached hydrogens (tertiary/aromatic N) is 2. The zero-order valence-electron chi connectivity index (χ0n) is 21.9. The molecule has 0 aliphatic carbocycles. The lowest BCUT2D eigenvalue weighted by Gasteiger charge is -2.27. The first kappa shape index (κ1) is 26.2. The average Bonchev–Trinajstić information content (AvgIpc) is 3.49. The Balaban J connectivity index is 1.50. The number of hydrogen-bond donors (Lipinski definition) is 1. The monoisotopic (exact) mass is 540 g/mol. The number of aryl methyl sites for hydroxylation is 1. The molecule has 7 nitrogen and oxygen atoms in total. The van der Waals surface area contributed by atoms with Gasteiger partial charge in [0.1, 0.15) is 16.5 Å². The number of amides is 1. The SMILES string of the molecule is COc1ccc(CCN2C(=O)C(O)=C(C(=O)c3sc(-c4ccccc4)nc3C)C2c2ccc(OC)cc2)cc1. The molecule has 1 N–H and O–H groups in total. The Bertz CT molecular complexity index is 1530. The molecule has 1 unspecified atom stereocenters. The van der Waals surface area contributed by atoms with E-state index in [-0.39, 0.29) is 5.57 Å². The predicted molar refractivity (Wildman–Crippen MR) is 150 cm³/mol. The number of ketones is 1. The zero-order chi connectivity index (χ0) is 27.5. The minimum atomic E-state index is -0.754. The molecule has 1 aliphatic rings. The first-order valence-electron chi connectivity index (χ1n) is 12.5. The second-order valence-electron chi connectivity index (χ2n) is 9.16. The Kier molecular flexibility index (Phi) is 7.47. The minimum absolute atomic E-state index is 0.0614. The molecule has 3 aromatic carbocycles. The second kappa shape index (κ2) is 11.1. The molecule has 0 fully saturated rings. The van der Waals surface area contributed by atoms with E-state index >= 15 is 0 Å². The van der Waals surface area contributed by atoms with Crippen LogP contribution in [0.15, 0.2) is 90.2 Å². The van der Waals surface area contributed by atoms with Gasteiger partial charge in [0, 0.05) is 12.1 Å². The molecule has 1 aliphatic heterocycles. The summed E-state index contributed by atoms with van der Waals surface area (Å²) >= 11 is 1.26. The van der Waals surface area contributed by atoms with Crippen molar-refractivity contribution in [2.24, 2.45) is 0 Å². The van der Waals surface area contributed by atoms with Crippen LogP contribution in [0.3, 0.4) is 0 Å². The summed E-state index contributed by atoms with van der Waals surface area (Å²) in [6.07, 6.45) is 0.537. The van der Waals surface area contributed by atoms with Gasteiger partial charge in [-0.05, 0) is 48.7 Å². The highest BCUT2D eigenvalue weighted by atomic mass is 32.1. The predicted octanol–water partition coefficient (Wildman–Crippen LogP) is 5.96. The molecule has 5 rings (SSSR count). The third-order valence-corrected chi connectivity index (χ3v) is 8.01. The van der Waals surface area contributed by atoms with Gasteiger partial charge < -0.3 is 19.5 Å². The molecular formula is C31H28N2O5S.